The van der Waals surface area contributed by atoms with Crippen molar-refractivity contribution in [3.63, 3.8) is 0 Å². The summed E-state index contributed by atoms with van der Waals surface area (Å²) in [5.74, 6) is 0.162. The molecular formula is C17H23NO3. The van der Waals surface area contributed by atoms with Crippen molar-refractivity contribution in [3.05, 3.63) is 35.4 Å². The Morgan fingerprint density at radius 1 is 1.29 bits per heavy atom. The molecule has 1 fully saturated rings. The molecule has 4 nitrogen and oxygen atoms in total. The van der Waals surface area contributed by atoms with E-state index in [4.69, 9.17) is 9.47 Å². The molecule has 114 valence electrons. The summed E-state index contributed by atoms with van der Waals surface area (Å²) in [6, 6.07) is 8.27. The Balaban J connectivity index is 1.65. The Labute approximate surface area is 126 Å². The lowest BCUT2D eigenvalue weighted by Crippen LogP contribution is -2.46. The molecule has 2 aliphatic rings. The van der Waals surface area contributed by atoms with Crippen molar-refractivity contribution in [1.82, 2.24) is 4.90 Å². The van der Waals surface area contributed by atoms with Crippen molar-refractivity contribution in [2.75, 3.05) is 32.8 Å². The fourth-order valence-electron chi connectivity index (χ4n) is 3.14. The first-order chi connectivity index (χ1) is 10.3. The lowest BCUT2D eigenvalue weighted by Gasteiger charge is -2.32. The number of carbonyl (C=O) groups is 1. The van der Waals surface area contributed by atoms with Crippen LogP contribution in [-0.2, 0) is 20.7 Å². The smallest absolute Gasteiger partial charge is 0.165 e. The van der Waals surface area contributed by atoms with Gasteiger partial charge in [0.2, 0.25) is 0 Å². The normalized spacial score (nSPS) is 26.3. The molecule has 3 rings (SSSR count). The maximum atomic E-state index is 12.5. The third kappa shape index (κ3) is 3.34. The average Bonchev–Trinajstić information content (AvgIpc) is 2.55. The number of ketones is 1. The second kappa shape index (κ2) is 6.69. The van der Waals surface area contributed by atoms with E-state index in [1.165, 1.54) is 11.1 Å². The molecule has 2 aliphatic heterocycles. The molecule has 21 heavy (non-hydrogen) atoms. The predicted molar refractivity (Wildman–Crippen MR) is 80.3 cm³/mol. The predicted octanol–water partition coefficient (Wildman–Crippen LogP) is 1.98. The molecule has 2 atom stereocenters. The molecular weight excluding hydrogens is 266 g/mol. The van der Waals surface area contributed by atoms with Gasteiger partial charge in [0.1, 0.15) is 6.10 Å². The van der Waals surface area contributed by atoms with Gasteiger partial charge in [0, 0.05) is 19.5 Å². The standard InChI is InChI=1S/C17H23NO3/c1-2-18-8-10-21-17(12-18)15(19)11-16-14-6-4-3-5-13(14)7-9-20-16/h3-6,16-17H,2,7-12H2,1H3. The van der Waals surface area contributed by atoms with E-state index in [0.29, 0.717) is 26.2 Å². The van der Waals surface area contributed by atoms with Crippen LogP contribution in [0.15, 0.2) is 24.3 Å². The van der Waals surface area contributed by atoms with E-state index in [2.05, 4.69) is 24.0 Å². The minimum Gasteiger partial charge on any atom is -0.373 e. The lowest BCUT2D eigenvalue weighted by molar-refractivity contribution is -0.139. The third-order valence-corrected chi connectivity index (χ3v) is 4.44. The van der Waals surface area contributed by atoms with Crippen LogP contribution in [0.1, 0.15) is 30.6 Å². The fraction of sp³-hybridized carbons (Fsp3) is 0.588. The molecule has 4 heteroatoms. The van der Waals surface area contributed by atoms with Crippen LogP contribution in [0.5, 0.6) is 0 Å². The van der Waals surface area contributed by atoms with Crippen LogP contribution < -0.4 is 0 Å². The number of fused-ring (bicyclic) bond motifs is 1. The second-order valence-electron chi connectivity index (χ2n) is 5.73. The van der Waals surface area contributed by atoms with Gasteiger partial charge in [-0.15, -0.1) is 0 Å². The van der Waals surface area contributed by atoms with Gasteiger partial charge < -0.3 is 9.47 Å². The van der Waals surface area contributed by atoms with Gasteiger partial charge in [0.05, 0.1) is 19.3 Å². The molecule has 0 bridgehead atoms. The van der Waals surface area contributed by atoms with Crippen molar-refractivity contribution in [3.8, 4) is 0 Å². The van der Waals surface area contributed by atoms with Gasteiger partial charge in [-0.2, -0.15) is 0 Å². The highest BCUT2D eigenvalue weighted by molar-refractivity contribution is 5.84. The van der Waals surface area contributed by atoms with Crippen molar-refractivity contribution in [1.29, 1.82) is 0 Å². The van der Waals surface area contributed by atoms with Crippen LogP contribution in [0, 0.1) is 0 Å². The summed E-state index contributed by atoms with van der Waals surface area (Å²) in [7, 11) is 0. The summed E-state index contributed by atoms with van der Waals surface area (Å²) in [4.78, 5) is 14.8. The molecule has 0 spiro atoms. The first-order valence-electron chi connectivity index (χ1n) is 7.84. The Hall–Kier alpha value is -1.23. The van der Waals surface area contributed by atoms with Crippen LogP contribution in [-0.4, -0.2) is 49.6 Å². The van der Waals surface area contributed by atoms with E-state index < -0.39 is 0 Å². The largest absolute Gasteiger partial charge is 0.373 e. The van der Waals surface area contributed by atoms with Crippen LogP contribution >= 0.6 is 0 Å². The van der Waals surface area contributed by atoms with Crippen molar-refractivity contribution >= 4 is 5.78 Å². The quantitative estimate of drug-likeness (QED) is 0.849. The number of nitrogens with zero attached hydrogens (tertiary/aromatic N) is 1. The van der Waals surface area contributed by atoms with Gasteiger partial charge in [-0.1, -0.05) is 31.2 Å². The zero-order valence-corrected chi connectivity index (χ0v) is 12.6. The highest BCUT2D eigenvalue weighted by Gasteiger charge is 2.30. The molecule has 1 aromatic rings. The van der Waals surface area contributed by atoms with Crippen molar-refractivity contribution in [2.45, 2.75) is 32.0 Å². The van der Waals surface area contributed by atoms with E-state index in [0.717, 1.165) is 19.5 Å². The first-order valence-corrected chi connectivity index (χ1v) is 7.84. The molecule has 0 amide bonds. The molecule has 0 radical (unpaired) electrons. The molecule has 2 unspecified atom stereocenters. The van der Waals surface area contributed by atoms with E-state index in [1.807, 2.05) is 12.1 Å². The minimum absolute atomic E-state index is 0.108. The number of ether oxygens (including phenoxy) is 2. The summed E-state index contributed by atoms with van der Waals surface area (Å²) >= 11 is 0. The number of carbonyl (C=O) groups excluding carboxylic acids is 1. The maximum absolute atomic E-state index is 12.5. The highest BCUT2D eigenvalue weighted by Crippen LogP contribution is 2.30. The summed E-state index contributed by atoms with van der Waals surface area (Å²) in [6.45, 7) is 6.06. The average molecular weight is 289 g/mol. The van der Waals surface area contributed by atoms with Gasteiger partial charge in [0.15, 0.2) is 5.78 Å². The molecule has 0 saturated carbocycles. The monoisotopic (exact) mass is 289 g/mol. The van der Waals surface area contributed by atoms with Gasteiger partial charge >= 0.3 is 0 Å². The number of hydrogen-bond donors (Lipinski definition) is 0. The molecule has 2 heterocycles. The van der Waals surface area contributed by atoms with Crippen molar-refractivity contribution < 1.29 is 14.3 Å². The number of hydrogen-bond acceptors (Lipinski definition) is 4. The molecule has 0 aliphatic carbocycles. The Kier molecular flexibility index (Phi) is 4.68. The van der Waals surface area contributed by atoms with Crippen LogP contribution in [0.25, 0.3) is 0 Å². The van der Waals surface area contributed by atoms with Crippen molar-refractivity contribution in [2.24, 2.45) is 0 Å². The molecule has 1 aromatic carbocycles. The number of likely N-dealkylation sites (N-methyl/N-ethyl adjacent to an activating group) is 1. The molecule has 0 N–H and O–H groups in total. The van der Waals surface area contributed by atoms with E-state index >= 15 is 0 Å². The SMILES string of the molecule is CCN1CCOC(C(=O)CC2OCCc3ccccc32)C1. The Morgan fingerprint density at radius 3 is 3.00 bits per heavy atom. The maximum Gasteiger partial charge on any atom is 0.165 e. The van der Waals surface area contributed by atoms with Gasteiger partial charge in [-0.3, -0.25) is 9.69 Å². The third-order valence-electron chi connectivity index (χ3n) is 4.44. The van der Waals surface area contributed by atoms with Gasteiger partial charge in [0.25, 0.3) is 0 Å². The first kappa shape index (κ1) is 14.7. The van der Waals surface area contributed by atoms with E-state index in [-0.39, 0.29) is 18.0 Å². The Bertz CT molecular complexity index is 503. The van der Waals surface area contributed by atoms with Gasteiger partial charge in [-0.25, -0.2) is 0 Å². The van der Waals surface area contributed by atoms with Crippen LogP contribution in [0.4, 0.5) is 0 Å². The summed E-state index contributed by atoms with van der Waals surface area (Å²) in [5, 5.41) is 0. The summed E-state index contributed by atoms with van der Waals surface area (Å²) in [5.41, 5.74) is 2.47. The zero-order valence-electron chi connectivity index (χ0n) is 12.6. The zero-order chi connectivity index (χ0) is 14.7. The summed E-state index contributed by atoms with van der Waals surface area (Å²) < 4.78 is 11.5. The molecule has 1 saturated heterocycles. The second-order valence-corrected chi connectivity index (χ2v) is 5.73. The summed E-state index contributed by atoms with van der Waals surface area (Å²) in [6.07, 6.45) is 0.948. The van der Waals surface area contributed by atoms with E-state index in [9.17, 15) is 4.79 Å². The molecule has 0 aromatic heterocycles. The number of morpholine rings is 1. The van der Waals surface area contributed by atoms with Crippen LogP contribution in [0.3, 0.4) is 0 Å². The number of Topliss-reactive ketones (excluding diaryl/α,β-unsaturated/α-hetero) is 1. The number of rotatable bonds is 4. The fourth-order valence-corrected chi connectivity index (χ4v) is 3.14. The highest BCUT2D eigenvalue weighted by atomic mass is 16.5. The Morgan fingerprint density at radius 2 is 2.14 bits per heavy atom. The number of benzene rings is 1. The van der Waals surface area contributed by atoms with E-state index in [1.54, 1.807) is 0 Å². The van der Waals surface area contributed by atoms with Crippen LogP contribution in [0.2, 0.25) is 0 Å². The van der Waals surface area contributed by atoms with Gasteiger partial charge in [-0.05, 0) is 24.1 Å². The minimum atomic E-state index is -0.295. The topological polar surface area (TPSA) is 38.8 Å². The lowest BCUT2D eigenvalue weighted by atomic mass is 9.93.